The SMILES string of the molecule is Nc1nc(N(Br)c2ccccc2)c2cc(-c3ccc4c(c3)OCCO4)ccc2n1. The molecule has 0 amide bonds. The Kier molecular flexibility index (Phi) is 4.44. The monoisotopic (exact) mass is 448 g/mol. The molecule has 2 N–H and O–H groups in total. The number of rotatable bonds is 3. The van der Waals surface area contributed by atoms with E-state index in [2.05, 4.69) is 32.2 Å². The molecule has 4 aromatic rings. The van der Waals surface area contributed by atoms with Crippen LogP contribution in [0.1, 0.15) is 0 Å². The first-order valence-corrected chi connectivity index (χ1v) is 9.88. The van der Waals surface area contributed by atoms with Crippen molar-refractivity contribution in [1.29, 1.82) is 0 Å². The van der Waals surface area contributed by atoms with Gasteiger partial charge in [-0.25, -0.2) is 4.98 Å². The number of halogens is 1. The third-order valence-electron chi connectivity index (χ3n) is 4.74. The van der Waals surface area contributed by atoms with Crippen molar-refractivity contribution in [2.75, 3.05) is 22.9 Å². The first kappa shape index (κ1) is 17.8. The Hall–Kier alpha value is -3.32. The van der Waals surface area contributed by atoms with E-state index < -0.39 is 0 Å². The number of para-hydroxylation sites is 1. The maximum absolute atomic E-state index is 5.97. The fourth-order valence-corrected chi connectivity index (χ4v) is 3.87. The van der Waals surface area contributed by atoms with Crippen LogP contribution in [0.25, 0.3) is 22.0 Å². The summed E-state index contributed by atoms with van der Waals surface area (Å²) in [5.74, 6) is 2.43. The Bertz CT molecular complexity index is 1200. The molecule has 2 heterocycles. The summed E-state index contributed by atoms with van der Waals surface area (Å²) >= 11 is 3.63. The second-order valence-electron chi connectivity index (χ2n) is 6.61. The second-order valence-corrected chi connectivity index (χ2v) is 7.32. The summed E-state index contributed by atoms with van der Waals surface area (Å²) in [7, 11) is 0. The van der Waals surface area contributed by atoms with Gasteiger partial charge in [-0.05, 0) is 47.5 Å². The van der Waals surface area contributed by atoms with Crippen LogP contribution in [-0.2, 0) is 0 Å². The number of anilines is 3. The highest BCUT2D eigenvalue weighted by Crippen LogP contribution is 2.38. The molecular formula is C22H17BrN4O2. The molecule has 6 nitrogen and oxygen atoms in total. The molecule has 0 saturated carbocycles. The van der Waals surface area contributed by atoms with Gasteiger partial charge >= 0.3 is 0 Å². The standard InChI is InChI=1S/C22H17BrN4O2/c23-27(16-4-2-1-3-5-16)21-17-12-14(6-8-18(17)25-22(24)26-21)15-7-9-19-20(13-15)29-11-10-28-19/h1-9,12-13H,10-11H2,(H2,24,25,26). The number of ether oxygens (including phenoxy) is 2. The van der Waals surface area contributed by atoms with Crippen LogP contribution in [0.3, 0.4) is 0 Å². The molecule has 0 fully saturated rings. The third-order valence-corrected chi connectivity index (χ3v) is 5.48. The summed E-state index contributed by atoms with van der Waals surface area (Å²) in [4.78, 5) is 8.88. The zero-order chi connectivity index (χ0) is 19.8. The topological polar surface area (TPSA) is 73.5 Å². The van der Waals surface area contributed by atoms with Gasteiger partial charge in [0, 0.05) is 5.39 Å². The van der Waals surface area contributed by atoms with E-state index in [1.54, 1.807) is 0 Å². The van der Waals surface area contributed by atoms with Crippen LogP contribution in [0.15, 0.2) is 66.7 Å². The fourth-order valence-electron chi connectivity index (χ4n) is 3.36. The molecule has 3 aromatic carbocycles. The molecule has 7 heteroatoms. The quantitative estimate of drug-likeness (QED) is 0.439. The molecule has 29 heavy (non-hydrogen) atoms. The summed E-state index contributed by atoms with van der Waals surface area (Å²) in [6.07, 6.45) is 0. The van der Waals surface area contributed by atoms with Crippen molar-refractivity contribution < 1.29 is 9.47 Å². The first-order chi connectivity index (χ1) is 14.2. The summed E-state index contributed by atoms with van der Waals surface area (Å²) in [6.45, 7) is 1.13. The highest BCUT2D eigenvalue weighted by Gasteiger charge is 2.16. The Balaban J connectivity index is 1.64. The lowest BCUT2D eigenvalue weighted by molar-refractivity contribution is 0.171. The van der Waals surface area contributed by atoms with Crippen molar-refractivity contribution in [2.24, 2.45) is 0 Å². The minimum absolute atomic E-state index is 0.222. The van der Waals surface area contributed by atoms with Crippen molar-refractivity contribution in [3.8, 4) is 22.6 Å². The average Bonchev–Trinajstić information content (AvgIpc) is 2.78. The Morgan fingerprint density at radius 1 is 0.828 bits per heavy atom. The van der Waals surface area contributed by atoms with Gasteiger partial charge in [0.1, 0.15) is 13.2 Å². The summed E-state index contributed by atoms with van der Waals surface area (Å²) in [5, 5.41) is 0.882. The molecule has 0 unspecified atom stereocenters. The predicted molar refractivity (Wildman–Crippen MR) is 118 cm³/mol. The Morgan fingerprint density at radius 2 is 1.55 bits per heavy atom. The van der Waals surface area contributed by atoms with E-state index in [0.717, 1.165) is 39.2 Å². The van der Waals surface area contributed by atoms with Crippen molar-refractivity contribution in [2.45, 2.75) is 0 Å². The number of nitrogens with zero attached hydrogens (tertiary/aromatic N) is 3. The molecule has 5 rings (SSSR count). The van der Waals surface area contributed by atoms with Gasteiger partial charge < -0.3 is 15.2 Å². The van der Waals surface area contributed by atoms with Crippen LogP contribution in [0.4, 0.5) is 17.5 Å². The van der Waals surface area contributed by atoms with Crippen LogP contribution in [0.5, 0.6) is 11.5 Å². The van der Waals surface area contributed by atoms with Crippen molar-refractivity contribution in [1.82, 2.24) is 9.97 Å². The normalized spacial score (nSPS) is 12.7. The number of hydrogen-bond acceptors (Lipinski definition) is 6. The average molecular weight is 449 g/mol. The largest absolute Gasteiger partial charge is 0.486 e. The predicted octanol–water partition coefficient (Wildman–Crippen LogP) is 5.10. The maximum atomic E-state index is 5.97. The zero-order valence-corrected chi connectivity index (χ0v) is 17.0. The highest BCUT2D eigenvalue weighted by atomic mass is 79.9. The van der Waals surface area contributed by atoms with E-state index in [9.17, 15) is 0 Å². The van der Waals surface area contributed by atoms with Gasteiger partial charge in [-0.3, -0.25) is 3.93 Å². The van der Waals surface area contributed by atoms with Gasteiger partial charge in [0.2, 0.25) is 5.95 Å². The highest BCUT2D eigenvalue weighted by molar-refractivity contribution is 9.10. The molecule has 0 saturated heterocycles. The lowest BCUT2D eigenvalue weighted by Crippen LogP contribution is -2.15. The van der Waals surface area contributed by atoms with Crippen molar-refractivity contribution >= 4 is 44.5 Å². The van der Waals surface area contributed by atoms with E-state index >= 15 is 0 Å². The van der Waals surface area contributed by atoms with Crippen molar-refractivity contribution in [3.05, 3.63) is 66.7 Å². The number of nitrogen functional groups attached to an aromatic ring is 1. The number of fused-ring (bicyclic) bond motifs is 2. The number of aromatic nitrogens is 2. The Labute approximate surface area is 176 Å². The summed E-state index contributed by atoms with van der Waals surface area (Å²) in [6, 6.07) is 21.9. The van der Waals surface area contributed by atoms with Crippen LogP contribution in [0.2, 0.25) is 0 Å². The molecule has 0 spiro atoms. The van der Waals surface area contributed by atoms with Crippen LogP contribution in [-0.4, -0.2) is 23.2 Å². The van der Waals surface area contributed by atoms with E-state index in [0.29, 0.717) is 19.0 Å². The number of nitrogens with two attached hydrogens (primary N) is 1. The molecule has 0 aliphatic carbocycles. The second kappa shape index (κ2) is 7.25. The van der Waals surface area contributed by atoms with Crippen LogP contribution in [0, 0.1) is 0 Å². The lowest BCUT2D eigenvalue weighted by Gasteiger charge is -2.20. The van der Waals surface area contributed by atoms with Gasteiger partial charge in [0.15, 0.2) is 17.3 Å². The molecule has 0 atom stereocenters. The van der Waals surface area contributed by atoms with Gasteiger partial charge in [0.25, 0.3) is 0 Å². The lowest BCUT2D eigenvalue weighted by atomic mass is 10.0. The zero-order valence-electron chi connectivity index (χ0n) is 15.4. The van der Waals surface area contributed by atoms with Gasteiger partial charge in [-0.2, -0.15) is 4.98 Å². The van der Waals surface area contributed by atoms with E-state index in [1.165, 1.54) is 0 Å². The molecule has 1 aromatic heterocycles. The van der Waals surface area contributed by atoms with Gasteiger partial charge in [0.05, 0.1) is 27.4 Å². The smallest absolute Gasteiger partial charge is 0.222 e. The summed E-state index contributed by atoms with van der Waals surface area (Å²) < 4.78 is 13.2. The molecular weight excluding hydrogens is 432 g/mol. The minimum Gasteiger partial charge on any atom is -0.486 e. The molecule has 0 bridgehead atoms. The fraction of sp³-hybridized carbons (Fsp3) is 0.0909. The molecule has 0 radical (unpaired) electrons. The third kappa shape index (κ3) is 3.34. The van der Waals surface area contributed by atoms with Crippen LogP contribution >= 0.6 is 16.1 Å². The van der Waals surface area contributed by atoms with Crippen LogP contribution < -0.4 is 19.1 Å². The van der Waals surface area contributed by atoms with Crippen molar-refractivity contribution in [3.63, 3.8) is 0 Å². The van der Waals surface area contributed by atoms with E-state index in [-0.39, 0.29) is 5.95 Å². The minimum atomic E-state index is 0.222. The Morgan fingerprint density at radius 3 is 2.38 bits per heavy atom. The summed E-state index contributed by atoms with van der Waals surface area (Å²) in [5.41, 5.74) is 9.73. The first-order valence-electron chi connectivity index (χ1n) is 9.17. The molecule has 1 aliphatic heterocycles. The van der Waals surface area contributed by atoms with E-state index in [4.69, 9.17) is 15.2 Å². The molecule has 1 aliphatic rings. The van der Waals surface area contributed by atoms with Gasteiger partial charge in [-0.1, -0.05) is 30.3 Å². The maximum Gasteiger partial charge on any atom is 0.222 e. The number of benzene rings is 3. The van der Waals surface area contributed by atoms with E-state index in [1.807, 2.05) is 64.6 Å². The molecule has 144 valence electrons. The number of hydrogen-bond donors (Lipinski definition) is 1. The van der Waals surface area contributed by atoms with Gasteiger partial charge in [-0.15, -0.1) is 0 Å².